The fraction of sp³-hybridized carbons (Fsp3) is 0.333. The van der Waals surface area contributed by atoms with E-state index in [1.54, 1.807) is 0 Å². The molecule has 1 saturated heterocycles. The molecule has 28 heavy (non-hydrogen) atoms. The van der Waals surface area contributed by atoms with E-state index in [0.29, 0.717) is 25.9 Å². The Bertz CT molecular complexity index is 869. The second-order valence-electron chi connectivity index (χ2n) is 6.32. The minimum Gasteiger partial charge on any atom is -0.406 e. The van der Waals surface area contributed by atoms with Gasteiger partial charge >= 0.3 is 6.36 Å². The van der Waals surface area contributed by atoms with Crippen LogP contribution in [0, 0.1) is 0 Å². The second-order valence-corrected chi connectivity index (χ2v) is 8.01. The lowest BCUT2D eigenvalue weighted by Crippen LogP contribution is -2.52. The van der Waals surface area contributed by atoms with Gasteiger partial charge in [0.2, 0.25) is 10.0 Å². The molecule has 0 amide bonds. The van der Waals surface area contributed by atoms with Crippen molar-refractivity contribution >= 4 is 22.4 Å². The predicted molar refractivity (Wildman–Crippen MR) is 101 cm³/mol. The van der Waals surface area contributed by atoms with Crippen LogP contribution >= 0.6 is 12.4 Å². The molecule has 0 atom stereocenters. The number of benzene rings is 2. The minimum absolute atomic E-state index is 0. The van der Waals surface area contributed by atoms with E-state index >= 15 is 0 Å². The van der Waals surface area contributed by atoms with Gasteiger partial charge in [-0.15, -0.1) is 25.6 Å². The van der Waals surface area contributed by atoms with Crippen LogP contribution in [0.1, 0.15) is 18.4 Å². The summed E-state index contributed by atoms with van der Waals surface area (Å²) >= 11 is 0. The molecule has 154 valence electrons. The highest BCUT2D eigenvalue weighted by molar-refractivity contribution is 7.89. The number of rotatable bonds is 5. The predicted octanol–water partition coefficient (Wildman–Crippen LogP) is 3.56. The number of piperidine rings is 1. The van der Waals surface area contributed by atoms with Crippen molar-refractivity contribution in [3.63, 3.8) is 0 Å². The summed E-state index contributed by atoms with van der Waals surface area (Å²) in [6.45, 7) is 1.30. The van der Waals surface area contributed by atoms with Crippen LogP contribution in [0.4, 0.5) is 13.2 Å². The van der Waals surface area contributed by atoms with E-state index in [-0.39, 0.29) is 17.3 Å². The number of sulfonamides is 1. The van der Waals surface area contributed by atoms with Crippen LogP contribution in [0.5, 0.6) is 5.75 Å². The van der Waals surface area contributed by atoms with E-state index in [1.165, 1.54) is 0 Å². The number of hydrogen-bond acceptors (Lipinski definition) is 4. The molecule has 5 nitrogen and oxygen atoms in total. The third-order valence-corrected chi connectivity index (χ3v) is 6.03. The summed E-state index contributed by atoms with van der Waals surface area (Å²) in [5.41, 5.74) is 0.0825. The Morgan fingerprint density at radius 2 is 1.54 bits per heavy atom. The van der Waals surface area contributed by atoms with Crippen molar-refractivity contribution in [1.82, 2.24) is 10.0 Å². The monoisotopic (exact) mass is 436 g/mol. The van der Waals surface area contributed by atoms with Crippen molar-refractivity contribution in [2.45, 2.75) is 29.6 Å². The molecule has 0 unspecified atom stereocenters. The highest BCUT2D eigenvalue weighted by Gasteiger charge is 2.38. The van der Waals surface area contributed by atoms with E-state index in [0.717, 1.165) is 29.8 Å². The molecule has 0 spiro atoms. The summed E-state index contributed by atoms with van der Waals surface area (Å²) in [5, 5.41) is 3.21. The van der Waals surface area contributed by atoms with E-state index in [9.17, 15) is 21.6 Å². The third-order valence-electron chi connectivity index (χ3n) is 4.48. The van der Waals surface area contributed by atoms with E-state index in [2.05, 4.69) is 14.8 Å². The normalized spacial score (nSPS) is 16.8. The zero-order valence-electron chi connectivity index (χ0n) is 14.7. The van der Waals surface area contributed by atoms with Crippen molar-refractivity contribution in [3.05, 3.63) is 60.2 Å². The van der Waals surface area contributed by atoms with Gasteiger partial charge in [0, 0.05) is 0 Å². The zero-order valence-corrected chi connectivity index (χ0v) is 16.3. The van der Waals surface area contributed by atoms with E-state index in [4.69, 9.17) is 0 Å². The van der Waals surface area contributed by atoms with Crippen LogP contribution in [0.25, 0.3) is 0 Å². The SMILES string of the molecule is Cl.O=S(=O)(NC1(c2ccccc2)CCNCC1)c1ccc(OC(F)(F)F)cc1. The topological polar surface area (TPSA) is 67.4 Å². The lowest BCUT2D eigenvalue weighted by atomic mass is 9.82. The molecule has 2 aromatic carbocycles. The summed E-state index contributed by atoms with van der Waals surface area (Å²) in [5.74, 6) is -0.471. The summed E-state index contributed by atoms with van der Waals surface area (Å²) in [6.07, 6.45) is -3.71. The molecule has 10 heteroatoms. The van der Waals surface area contributed by atoms with Gasteiger partial charge in [-0.3, -0.25) is 0 Å². The average molecular weight is 437 g/mol. The lowest BCUT2D eigenvalue weighted by molar-refractivity contribution is -0.274. The molecule has 0 aromatic heterocycles. The van der Waals surface area contributed by atoms with Gasteiger partial charge < -0.3 is 10.1 Å². The Hall–Kier alpha value is -1.81. The highest BCUT2D eigenvalue weighted by atomic mass is 35.5. The quantitative estimate of drug-likeness (QED) is 0.752. The largest absolute Gasteiger partial charge is 0.573 e. The van der Waals surface area contributed by atoms with Crippen LogP contribution in [0.15, 0.2) is 59.5 Å². The Labute approximate surface area is 167 Å². The maximum atomic E-state index is 12.9. The van der Waals surface area contributed by atoms with Crippen molar-refractivity contribution in [3.8, 4) is 5.75 Å². The number of alkyl halides is 3. The molecule has 1 aliphatic heterocycles. The lowest BCUT2D eigenvalue weighted by Gasteiger charge is -2.38. The molecular weight excluding hydrogens is 417 g/mol. The van der Waals surface area contributed by atoms with Gasteiger partial charge in [-0.2, -0.15) is 0 Å². The van der Waals surface area contributed by atoms with Gasteiger partial charge in [-0.1, -0.05) is 30.3 Å². The third kappa shape index (κ3) is 5.38. The van der Waals surface area contributed by atoms with Gasteiger partial charge in [0.1, 0.15) is 5.75 Å². The van der Waals surface area contributed by atoms with E-state index in [1.807, 2.05) is 30.3 Å². The summed E-state index contributed by atoms with van der Waals surface area (Å²) in [7, 11) is -3.94. The first-order chi connectivity index (χ1) is 12.7. The Kier molecular flexibility index (Phi) is 6.97. The molecule has 1 fully saturated rings. The first kappa shape index (κ1) is 22.5. The van der Waals surface area contributed by atoms with Crippen molar-refractivity contribution in [2.24, 2.45) is 0 Å². The minimum atomic E-state index is -4.83. The molecule has 2 N–H and O–H groups in total. The van der Waals surface area contributed by atoms with Gasteiger partial charge in [-0.05, 0) is 55.8 Å². The standard InChI is InChI=1S/C18H19F3N2O3S.ClH/c19-18(20,21)26-15-6-8-16(9-7-15)27(24,25)23-17(10-12-22-13-11-17)14-4-2-1-3-5-14;/h1-9,22-23H,10-13H2;1H. The molecule has 0 bridgehead atoms. The van der Waals surface area contributed by atoms with Crippen LogP contribution < -0.4 is 14.8 Å². The first-order valence-corrected chi connectivity index (χ1v) is 9.85. The second kappa shape index (κ2) is 8.69. The Balaban J connectivity index is 0.00000280. The number of halogens is 4. The molecule has 0 radical (unpaired) electrons. The highest BCUT2D eigenvalue weighted by Crippen LogP contribution is 2.33. The number of nitrogens with one attached hydrogen (secondary N) is 2. The fourth-order valence-corrected chi connectivity index (χ4v) is 4.65. The van der Waals surface area contributed by atoms with Gasteiger partial charge in [0.25, 0.3) is 0 Å². The number of ether oxygens (including phenoxy) is 1. The first-order valence-electron chi connectivity index (χ1n) is 8.36. The van der Waals surface area contributed by atoms with Gasteiger partial charge in [0.15, 0.2) is 0 Å². The molecular formula is C18H20ClF3N2O3S. The van der Waals surface area contributed by atoms with Crippen molar-refractivity contribution in [2.75, 3.05) is 13.1 Å². The van der Waals surface area contributed by atoms with E-state index < -0.39 is 27.7 Å². The maximum Gasteiger partial charge on any atom is 0.573 e. The molecule has 3 rings (SSSR count). The van der Waals surface area contributed by atoms with Crippen molar-refractivity contribution < 1.29 is 26.3 Å². The van der Waals surface area contributed by atoms with Crippen LogP contribution in [-0.2, 0) is 15.6 Å². The summed E-state index contributed by atoms with van der Waals surface area (Å²) in [6, 6.07) is 13.5. The molecule has 1 heterocycles. The van der Waals surface area contributed by atoms with Crippen LogP contribution in [-0.4, -0.2) is 27.9 Å². The van der Waals surface area contributed by atoms with Gasteiger partial charge in [0.05, 0.1) is 10.4 Å². The Morgan fingerprint density at radius 1 is 0.964 bits per heavy atom. The van der Waals surface area contributed by atoms with Crippen LogP contribution in [0.3, 0.4) is 0 Å². The zero-order chi connectivity index (χ0) is 19.5. The van der Waals surface area contributed by atoms with Crippen molar-refractivity contribution in [1.29, 1.82) is 0 Å². The number of hydrogen-bond donors (Lipinski definition) is 2. The molecule has 2 aromatic rings. The molecule has 0 saturated carbocycles. The summed E-state index contributed by atoms with van der Waals surface area (Å²) < 4.78 is 69.1. The van der Waals surface area contributed by atoms with Crippen LogP contribution in [0.2, 0.25) is 0 Å². The maximum absolute atomic E-state index is 12.9. The Morgan fingerprint density at radius 3 is 2.07 bits per heavy atom. The average Bonchev–Trinajstić information content (AvgIpc) is 2.62. The van der Waals surface area contributed by atoms with Gasteiger partial charge in [-0.25, -0.2) is 13.1 Å². The molecule has 0 aliphatic carbocycles. The molecule has 1 aliphatic rings. The summed E-state index contributed by atoms with van der Waals surface area (Å²) in [4.78, 5) is -0.120. The fourth-order valence-electron chi connectivity index (χ4n) is 3.20. The smallest absolute Gasteiger partial charge is 0.406 e.